The Labute approximate surface area is 171 Å². The highest BCUT2D eigenvalue weighted by molar-refractivity contribution is 7.89. The van der Waals surface area contributed by atoms with E-state index in [-0.39, 0.29) is 22.7 Å². The van der Waals surface area contributed by atoms with Gasteiger partial charge in [-0.25, -0.2) is 17.1 Å². The van der Waals surface area contributed by atoms with Crippen LogP contribution in [0.1, 0.15) is 28.8 Å². The number of hydrogen-bond acceptors (Lipinski definition) is 4. The largest absolute Gasteiger partial charge is 0.349 e. The number of piperidine rings is 1. The predicted octanol–water partition coefficient (Wildman–Crippen LogP) is 2.47. The highest BCUT2D eigenvalue weighted by Crippen LogP contribution is 2.17. The summed E-state index contributed by atoms with van der Waals surface area (Å²) >= 11 is 0. The summed E-state index contributed by atoms with van der Waals surface area (Å²) in [7, 11) is -0.564. The van der Waals surface area contributed by atoms with E-state index in [1.165, 1.54) is 50.5 Å². The number of sulfonamides is 1. The zero-order valence-electron chi connectivity index (χ0n) is 16.6. The summed E-state index contributed by atoms with van der Waals surface area (Å²) in [6, 6.07) is 12.6. The average Bonchev–Trinajstić information content (AvgIpc) is 2.71. The van der Waals surface area contributed by atoms with Gasteiger partial charge >= 0.3 is 0 Å². The number of carbonyl (C=O) groups is 1. The molecule has 0 aromatic heterocycles. The van der Waals surface area contributed by atoms with Crippen molar-refractivity contribution in [3.63, 3.8) is 0 Å². The molecule has 1 N–H and O–H groups in total. The van der Waals surface area contributed by atoms with Gasteiger partial charge in [0, 0.05) is 45.3 Å². The van der Waals surface area contributed by atoms with Gasteiger partial charge < -0.3 is 5.32 Å². The minimum absolute atomic E-state index is 0.0807. The molecule has 0 spiro atoms. The lowest BCUT2D eigenvalue weighted by Gasteiger charge is -2.32. The van der Waals surface area contributed by atoms with Crippen molar-refractivity contribution in [2.24, 2.45) is 0 Å². The smallest absolute Gasteiger partial charge is 0.251 e. The molecule has 8 heteroatoms. The minimum Gasteiger partial charge on any atom is -0.349 e. The lowest BCUT2D eigenvalue weighted by Crippen LogP contribution is -2.44. The van der Waals surface area contributed by atoms with E-state index in [0.29, 0.717) is 5.56 Å². The molecule has 1 saturated heterocycles. The minimum atomic E-state index is -3.51. The van der Waals surface area contributed by atoms with Gasteiger partial charge in [-0.3, -0.25) is 9.69 Å². The third-order valence-corrected chi connectivity index (χ3v) is 6.97. The number of halogens is 1. The normalized spacial score (nSPS) is 16.1. The van der Waals surface area contributed by atoms with E-state index >= 15 is 0 Å². The first-order valence-electron chi connectivity index (χ1n) is 9.56. The van der Waals surface area contributed by atoms with Crippen molar-refractivity contribution in [3.8, 4) is 0 Å². The third-order valence-electron chi connectivity index (χ3n) is 5.14. The Kier molecular flexibility index (Phi) is 6.66. The Morgan fingerprint density at radius 2 is 1.66 bits per heavy atom. The van der Waals surface area contributed by atoms with Crippen LogP contribution >= 0.6 is 0 Å². The van der Waals surface area contributed by atoms with E-state index in [1.54, 1.807) is 12.1 Å². The van der Waals surface area contributed by atoms with Crippen LogP contribution in [-0.2, 0) is 16.6 Å². The number of nitrogens with one attached hydrogen (secondary N) is 1. The van der Waals surface area contributed by atoms with Crippen LogP contribution in [0.25, 0.3) is 0 Å². The van der Waals surface area contributed by atoms with E-state index in [2.05, 4.69) is 10.2 Å². The summed E-state index contributed by atoms with van der Waals surface area (Å²) < 4.78 is 38.4. The zero-order valence-corrected chi connectivity index (χ0v) is 17.5. The molecule has 3 rings (SSSR count). The average molecular weight is 420 g/mol. The molecule has 2 aromatic rings. The van der Waals surface area contributed by atoms with Crippen molar-refractivity contribution >= 4 is 15.9 Å². The SMILES string of the molecule is CN(C)S(=O)(=O)c1ccc(C(=O)NC2CCN(Cc3ccc(F)cc3)CC2)cc1. The van der Waals surface area contributed by atoms with Crippen LogP contribution in [0.4, 0.5) is 4.39 Å². The van der Waals surface area contributed by atoms with E-state index in [0.717, 1.165) is 42.3 Å². The topological polar surface area (TPSA) is 69.7 Å². The first kappa shape index (κ1) is 21.4. The van der Waals surface area contributed by atoms with Crippen LogP contribution in [0.2, 0.25) is 0 Å². The number of carbonyl (C=O) groups excluding carboxylic acids is 1. The maximum atomic E-state index is 13.0. The molecule has 6 nitrogen and oxygen atoms in total. The fourth-order valence-corrected chi connectivity index (χ4v) is 4.24. The van der Waals surface area contributed by atoms with Gasteiger partial charge in [0.2, 0.25) is 10.0 Å². The van der Waals surface area contributed by atoms with E-state index < -0.39 is 10.0 Å². The lowest BCUT2D eigenvalue weighted by atomic mass is 10.0. The number of nitrogens with zero attached hydrogens (tertiary/aromatic N) is 2. The second-order valence-corrected chi connectivity index (χ2v) is 9.61. The molecule has 1 amide bonds. The van der Waals surface area contributed by atoms with Crippen molar-refractivity contribution in [1.82, 2.24) is 14.5 Å². The third kappa shape index (κ3) is 5.41. The fraction of sp³-hybridized carbons (Fsp3) is 0.381. The maximum Gasteiger partial charge on any atom is 0.251 e. The van der Waals surface area contributed by atoms with Gasteiger partial charge in [0.15, 0.2) is 0 Å². The monoisotopic (exact) mass is 419 g/mol. The number of amides is 1. The quantitative estimate of drug-likeness (QED) is 0.781. The lowest BCUT2D eigenvalue weighted by molar-refractivity contribution is 0.0909. The van der Waals surface area contributed by atoms with Gasteiger partial charge in [-0.05, 0) is 54.8 Å². The summed E-state index contributed by atoms with van der Waals surface area (Å²) in [5.74, 6) is -0.432. The van der Waals surface area contributed by atoms with Crippen molar-refractivity contribution in [2.45, 2.75) is 30.3 Å². The van der Waals surface area contributed by atoms with Crippen LogP contribution < -0.4 is 5.32 Å². The molecular formula is C21H26FN3O3S. The molecule has 1 fully saturated rings. The van der Waals surface area contributed by atoms with Gasteiger partial charge in [0.05, 0.1) is 4.90 Å². The Bertz CT molecular complexity index is 936. The molecule has 0 aliphatic carbocycles. The molecule has 0 saturated carbocycles. The van der Waals surface area contributed by atoms with E-state index in [9.17, 15) is 17.6 Å². The molecule has 156 valence electrons. The second-order valence-electron chi connectivity index (χ2n) is 7.46. The molecule has 0 unspecified atom stereocenters. The van der Waals surface area contributed by atoms with Crippen LogP contribution in [0, 0.1) is 5.82 Å². The van der Waals surface area contributed by atoms with E-state index in [4.69, 9.17) is 0 Å². The fourth-order valence-electron chi connectivity index (χ4n) is 3.34. The van der Waals surface area contributed by atoms with Crippen LogP contribution in [0.3, 0.4) is 0 Å². The van der Waals surface area contributed by atoms with Gasteiger partial charge in [0.1, 0.15) is 5.82 Å². The Hall–Kier alpha value is -2.29. The highest BCUT2D eigenvalue weighted by atomic mass is 32.2. The first-order valence-corrected chi connectivity index (χ1v) is 11.0. The molecule has 1 heterocycles. The van der Waals surface area contributed by atoms with Crippen LogP contribution in [0.15, 0.2) is 53.4 Å². The summed E-state index contributed by atoms with van der Waals surface area (Å²) in [5.41, 5.74) is 1.51. The molecule has 1 aliphatic rings. The second kappa shape index (κ2) is 9.02. The molecule has 2 aromatic carbocycles. The molecule has 0 bridgehead atoms. The number of rotatable bonds is 6. The summed E-state index contributed by atoms with van der Waals surface area (Å²) in [6.07, 6.45) is 1.67. The van der Waals surface area contributed by atoms with Crippen molar-refractivity contribution in [3.05, 3.63) is 65.5 Å². The predicted molar refractivity (Wildman–Crippen MR) is 109 cm³/mol. The van der Waals surface area contributed by atoms with Gasteiger partial charge in [-0.2, -0.15) is 0 Å². The first-order chi connectivity index (χ1) is 13.8. The molecule has 0 radical (unpaired) electrons. The van der Waals surface area contributed by atoms with Crippen LogP contribution in [0.5, 0.6) is 0 Å². The van der Waals surface area contributed by atoms with E-state index in [1.807, 2.05) is 0 Å². The summed E-state index contributed by atoms with van der Waals surface area (Å²) in [6.45, 7) is 2.47. The Morgan fingerprint density at radius 1 is 1.07 bits per heavy atom. The summed E-state index contributed by atoms with van der Waals surface area (Å²) in [4.78, 5) is 14.9. The zero-order chi connectivity index (χ0) is 21.0. The van der Waals surface area contributed by atoms with Crippen molar-refractivity contribution in [1.29, 1.82) is 0 Å². The van der Waals surface area contributed by atoms with Gasteiger partial charge in [-0.1, -0.05) is 12.1 Å². The molecule has 1 aliphatic heterocycles. The van der Waals surface area contributed by atoms with Crippen LogP contribution in [-0.4, -0.2) is 56.8 Å². The summed E-state index contributed by atoms with van der Waals surface area (Å²) in [5, 5.41) is 3.03. The Balaban J connectivity index is 1.51. The highest BCUT2D eigenvalue weighted by Gasteiger charge is 2.22. The number of likely N-dealkylation sites (tertiary alicyclic amines) is 1. The molecule has 0 atom stereocenters. The Morgan fingerprint density at radius 3 is 2.21 bits per heavy atom. The molecule has 29 heavy (non-hydrogen) atoms. The number of benzene rings is 2. The van der Waals surface area contributed by atoms with Crippen molar-refractivity contribution < 1.29 is 17.6 Å². The van der Waals surface area contributed by atoms with Gasteiger partial charge in [-0.15, -0.1) is 0 Å². The molecular weight excluding hydrogens is 393 g/mol. The van der Waals surface area contributed by atoms with Crippen molar-refractivity contribution in [2.75, 3.05) is 27.2 Å². The van der Waals surface area contributed by atoms with Gasteiger partial charge in [0.25, 0.3) is 5.91 Å². The number of hydrogen-bond donors (Lipinski definition) is 1. The standard InChI is InChI=1S/C21H26FN3O3S/c1-24(2)29(27,28)20-9-5-17(6-10-20)21(26)23-19-11-13-25(14-12-19)15-16-3-7-18(22)8-4-16/h3-10,19H,11-15H2,1-2H3,(H,23,26). The maximum absolute atomic E-state index is 13.0.